The van der Waals surface area contributed by atoms with Crippen molar-refractivity contribution in [3.05, 3.63) is 66.2 Å². The van der Waals surface area contributed by atoms with Crippen molar-refractivity contribution in [1.29, 1.82) is 0 Å². The maximum Gasteiger partial charge on any atom is 0.240 e. The van der Waals surface area contributed by atoms with Crippen LogP contribution in [0.4, 0.5) is 0 Å². The molecule has 0 aromatic heterocycles. The number of benzene rings is 2. The largest absolute Gasteiger partial charge is 0.338 e. The van der Waals surface area contributed by atoms with Crippen LogP contribution in [-0.2, 0) is 21.4 Å². The molecule has 1 unspecified atom stereocenters. The quantitative estimate of drug-likeness (QED) is 0.872. The summed E-state index contributed by atoms with van der Waals surface area (Å²) in [5.41, 5.74) is 1.08. The fourth-order valence-corrected chi connectivity index (χ4v) is 4.00. The molecule has 0 saturated carbocycles. The van der Waals surface area contributed by atoms with E-state index in [-0.39, 0.29) is 23.3 Å². The van der Waals surface area contributed by atoms with Gasteiger partial charge in [-0.3, -0.25) is 4.79 Å². The number of amides is 1. The molecule has 0 spiro atoms. The van der Waals surface area contributed by atoms with E-state index in [2.05, 4.69) is 4.72 Å². The highest BCUT2D eigenvalue weighted by atomic mass is 32.2. The first-order chi connectivity index (χ1) is 11.5. The minimum absolute atomic E-state index is 0.000278. The summed E-state index contributed by atoms with van der Waals surface area (Å²) < 4.78 is 27.1. The number of nitrogens with zero attached hydrogens (tertiary/aromatic N) is 1. The number of carbonyl (C=O) groups excluding carboxylic acids is 1. The molecule has 1 N–H and O–H groups in total. The number of hydrogen-bond donors (Lipinski definition) is 1. The number of rotatable bonds is 6. The van der Waals surface area contributed by atoms with E-state index >= 15 is 0 Å². The van der Waals surface area contributed by atoms with Crippen molar-refractivity contribution in [1.82, 2.24) is 9.62 Å². The van der Waals surface area contributed by atoms with Crippen molar-refractivity contribution < 1.29 is 13.2 Å². The Morgan fingerprint density at radius 2 is 1.62 bits per heavy atom. The maximum atomic E-state index is 12.2. The summed E-state index contributed by atoms with van der Waals surface area (Å²) in [7, 11) is -3.52. The summed E-state index contributed by atoms with van der Waals surface area (Å²) in [6.07, 6.45) is 0.379. The zero-order chi connectivity index (χ0) is 17.0. The van der Waals surface area contributed by atoms with Gasteiger partial charge in [-0.1, -0.05) is 48.5 Å². The van der Waals surface area contributed by atoms with Gasteiger partial charge in [0.25, 0.3) is 0 Å². The predicted molar refractivity (Wildman–Crippen MR) is 91.6 cm³/mol. The molecular weight excluding hydrogens is 324 g/mol. The molecule has 5 nitrogen and oxygen atoms in total. The lowest BCUT2D eigenvalue weighted by atomic mass is 10.1. The van der Waals surface area contributed by atoms with Crippen LogP contribution in [0.3, 0.4) is 0 Å². The Morgan fingerprint density at radius 1 is 1.00 bits per heavy atom. The molecule has 1 fully saturated rings. The van der Waals surface area contributed by atoms with Crippen LogP contribution >= 0.6 is 0 Å². The average molecular weight is 344 g/mol. The average Bonchev–Trinajstić information content (AvgIpc) is 2.95. The minimum Gasteiger partial charge on any atom is -0.338 e. The number of nitrogens with one attached hydrogen (secondary N) is 1. The van der Waals surface area contributed by atoms with Crippen LogP contribution in [0.1, 0.15) is 12.0 Å². The van der Waals surface area contributed by atoms with E-state index in [1.165, 1.54) is 0 Å². The number of sulfonamides is 1. The summed E-state index contributed by atoms with van der Waals surface area (Å²) in [4.78, 5) is 14.2. The van der Waals surface area contributed by atoms with Crippen LogP contribution in [-0.4, -0.2) is 32.3 Å². The molecular formula is C18H20N2O3S. The Balaban J connectivity index is 1.57. The SMILES string of the molecule is O=C1CC(CNS(=O)(=O)c2ccccc2)CN1Cc1ccccc1. The van der Waals surface area contributed by atoms with Gasteiger partial charge >= 0.3 is 0 Å². The van der Waals surface area contributed by atoms with Crippen molar-refractivity contribution in [2.24, 2.45) is 5.92 Å². The Labute approximate surface area is 142 Å². The molecule has 3 rings (SSSR count). The second-order valence-electron chi connectivity index (χ2n) is 5.99. The minimum atomic E-state index is -3.52. The Hall–Kier alpha value is -2.18. The van der Waals surface area contributed by atoms with Gasteiger partial charge in [-0.05, 0) is 23.6 Å². The summed E-state index contributed by atoms with van der Waals surface area (Å²) in [6.45, 7) is 1.42. The molecule has 1 amide bonds. The first-order valence-corrected chi connectivity index (χ1v) is 9.39. The third-order valence-corrected chi connectivity index (χ3v) is 5.57. The van der Waals surface area contributed by atoms with Crippen LogP contribution in [0, 0.1) is 5.92 Å². The van der Waals surface area contributed by atoms with Crippen LogP contribution < -0.4 is 4.72 Å². The van der Waals surface area contributed by atoms with Crippen molar-refractivity contribution >= 4 is 15.9 Å². The predicted octanol–water partition coefficient (Wildman–Crippen LogP) is 2.01. The molecule has 1 saturated heterocycles. The molecule has 0 aliphatic carbocycles. The molecule has 1 aliphatic rings. The number of likely N-dealkylation sites (tertiary alicyclic amines) is 1. The summed E-state index contributed by atoms with van der Waals surface area (Å²) in [6, 6.07) is 18.1. The molecule has 0 bridgehead atoms. The van der Waals surface area contributed by atoms with Crippen LogP contribution in [0.5, 0.6) is 0 Å². The number of hydrogen-bond acceptors (Lipinski definition) is 3. The lowest BCUT2D eigenvalue weighted by Crippen LogP contribution is -2.31. The lowest BCUT2D eigenvalue weighted by Gasteiger charge is -2.17. The van der Waals surface area contributed by atoms with E-state index in [1.807, 2.05) is 30.3 Å². The molecule has 126 valence electrons. The summed E-state index contributed by atoms with van der Waals surface area (Å²) in [5, 5.41) is 0. The topological polar surface area (TPSA) is 66.5 Å². The Morgan fingerprint density at radius 3 is 2.29 bits per heavy atom. The molecule has 0 radical (unpaired) electrons. The molecule has 1 aliphatic heterocycles. The van der Waals surface area contributed by atoms with Gasteiger partial charge in [0, 0.05) is 26.1 Å². The highest BCUT2D eigenvalue weighted by Gasteiger charge is 2.30. The van der Waals surface area contributed by atoms with Gasteiger partial charge in [-0.2, -0.15) is 0 Å². The van der Waals surface area contributed by atoms with E-state index in [4.69, 9.17) is 0 Å². The second-order valence-corrected chi connectivity index (χ2v) is 7.76. The molecule has 1 heterocycles. The third kappa shape index (κ3) is 4.01. The van der Waals surface area contributed by atoms with Crippen molar-refractivity contribution in [2.75, 3.05) is 13.1 Å². The van der Waals surface area contributed by atoms with E-state index in [1.54, 1.807) is 35.2 Å². The lowest BCUT2D eigenvalue weighted by molar-refractivity contribution is -0.128. The zero-order valence-electron chi connectivity index (χ0n) is 13.3. The molecule has 24 heavy (non-hydrogen) atoms. The van der Waals surface area contributed by atoms with Crippen LogP contribution in [0.25, 0.3) is 0 Å². The van der Waals surface area contributed by atoms with Crippen molar-refractivity contribution in [2.45, 2.75) is 17.9 Å². The highest BCUT2D eigenvalue weighted by molar-refractivity contribution is 7.89. The first kappa shape index (κ1) is 16.7. The summed E-state index contributed by atoms with van der Waals surface area (Å²) in [5.74, 6) is 0.0717. The Kier molecular flexibility index (Phi) is 4.97. The van der Waals surface area contributed by atoms with E-state index < -0.39 is 10.0 Å². The Bertz CT molecular complexity index is 792. The van der Waals surface area contributed by atoms with Gasteiger partial charge in [0.05, 0.1) is 4.90 Å². The first-order valence-electron chi connectivity index (χ1n) is 7.91. The van der Waals surface area contributed by atoms with Gasteiger partial charge in [-0.25, -0.2) is 13.1 Å². The molecule has 1 atom stereocenters. The van der Waals surface area contributed by atoms with Crippen molar-refractivity contribution in [3.8, 4) is 0 Å². The van der Waals surface area contributed by atoms with E-state index in [0.717, 1.165) is 5.56 Å². The highest BCUT2D eigenvalue weighted by Crippen LogP contribution is 2.20. The van der Waals surface area contributed by atoms with E-state index in [0.29, 0.717) is 19.5 Å². The van der Waals surface area contributed by atoms with Crippen LogP contribution in [0.15, 0.2) is 65.6 Å². The molecule has 2 aromatic rings. The van der Waals surface area contributed by atoms with Gasteiger partial charge in [0.15, 0.2) is 0 Å². The smallest absolute Gasteiger partial charge is 0.240 e. The van der Waals surface area contributed by atoms with Gasteiger partial charge in [0.1, 0.15) is 0 Å². The third-order valence-electron chi connectivity index (χ3n) is 4.13. The van der Waals surface area contributed by atoms with E-state index in [9.17, 15) is 13.2 Å². The van der Waals surface area contributed by atoms with Crippen LogP contribution in [0.2, 0.25) is 0 Å². The van der Waals surface area contributed by atoms with Gasteiger partial charge in [-0.15, -0.1) is 0 Å². The standard InChI is InChI=1S/C18H20N2O3S/c21-18-11-16(14-20(18)13-15-7-3-1-4-8-15)12-19-24(22,23)17-9-5-2-6-10-17/h1-10,16,19H,11-14H2. The maximum absolute atomic E-state index is 12.2. The molecule has 2 aromatic carbocycles. The fourth-order valence-electron chi connectivity index (χ4n) is 2.86. The van der Waals surface area contributed by atoms with Gasteiger partial charge in [0.2, 0.25) is 15.9 Å². The monoisotopic (exact) mass is 344 g/mol. The normalized spacial score (nSPS) is 18.1. The van der Waals surface area contributed by atoms with Crippen molar-refractivity contribution in [3.63, 3.8) is 0 Å². The zero-order valence-corrected chi connectivity index (χ0v) is 14.1. The fraction of sp³-hybridized carbons (Fsp3) is 0.278. The van der Waals surface area contributed by atoms with Gasteiger partial charge < -0.3 is 4.90 Å². The molecule has 6 heteroatoms. The number of carbonyl (C=O) groups is 1. The second kappa shape index (κ2) is 7.15. The summed E-state index contributed by atoms with van der Waals surface area (Å²) >= 11 is 0.